The first-order chi connectivity index (χ1) is 10.1. The van der Waals surface area contributed by atoms with E-state index in [2.05, 4.69) is 12.2 Å². The molecule has 1 fully saturated rings. The summed E-state index contributed by atoms with van der Waals surface area (Å²) in [6.45, 7) is 2.91. The number of hydrogen-bond donors (Lipinski definition) is 2. The minimum atomic E-state index is -0.954. The fourth-order valence-electron chi connectivity index (χ4n) is 3.02. The number of carbonyl (C=O) groups excluding carboxylic acids is 1. The van der Waals surface area contributed by atoms with Gasteiger partial charge in [0, 0.05) is 6.54 Å². The van der Waals surface area contributed by atoms with Crippen LogP contribution in [0.4, 0.5) is 4.39 Å². The molecule has 1 aromatic carbocycles. The molecule has 3 unspecified atom stereocenters. The van der Waals surface area contributed by atoms with E-state index < -0.39 is 11.9 Å². The van der Waals surface area contributed by atoms with E-state index in [9.17, 15) is 14.3 Å². The summed E-state index contributed by atoms with van der Waals surface area (Å²) in [6.07, 6.45) is 3.93. The maximum atomic E-state index is 13.1. The maximum Gasteiger partial charge on any atom is 0.222 e. The second-order valence-electron chi connectivity index (χ2n) is 6.10. The van der Waals surface area contributed by atoms with Crippen molar-refractivity contribution in [1.29, 1.82) is 0 Å². The van der Waals surface area contributed by atoms with E-state index in [1.807, 2.05) is 0 Å². The molecule has 0 saturated heterocycles. The fourth-order valence-corrected chi connectivity index (χ4v) is 3.02. The number of benzene rings is 1. The molecule has 1 aromatic rings. The minimum absolute atomic E-state index is 0.0233. The van der Waals surface area contributed by atoms with Gasteiger partial charge in [-0.25, -0.2) is 4.39 Å². The SMILES string of the molecule is CC1CCCCC1CNC(=O)CC(O)c1cccc(F)c1. The smallest absolute Gasteiger partial charge is 0.222 e. The second kappa shape index (κ2) is 7.55. The fraction of sp³-hybridized carbons (Fsp3) is 0.588. The molecule has 0 radical (unpaired) electrons. The lowest BCUT2D eigenvalue weighted by molar-refractivity contribution is -0.123. The van der Waals surface area contributed by atoms with Crippen molar-refractivity contribution in [2.24, 2.45) is 11.8 Å². The summed E-state index contributed by atoms with van der Waals surface area (Å²) in [5.74, 6) is 0.605. The van der Waals surface area contributed by atoms with E-state index in [-0.39, 0.29) is 12.3 Å². The van der Waals surface area contributed by atoms with Crippen molar-refractivity contribution >= 4 is 5.91 Å². The zero-order valence-corrected chi connectivity index (χ0v) is 12.5. The summed E-state index contributed by atoms with van der Waals surface area (Å²) in [6, 6.07) is 5.75. The van der Waals surface area contributed by atoms with Crippen LogP contribution in [-0.4, -0.2) is 17.6 Å². The van der Waals surface area contributed by atoms with Crippen LogP contribution in [0, 0.1) is 17.7 Å². The Bertz CT molecular complexity index is 478. The van der Waals surface area contributed by atoms with Crippen molar-refractivity contribution in [3.05, 3.63) is 35.6 Å². The molecule has 3 atom stereocenters. The normalized spacial score (nSPS) is 23.6. The van der Waals surface area contributed by atoms with E-state index in [4.69, 9.17) is 0 Å². The van der Waals surface area contributed by atoms with Gasteiger partial charge in [-0.15, -0.1) is 0 Å². The molecule has 0 heterocycles. The van der Waals surface area contributed by atoms with Crippen LogP contribution in [0.3, 0.4) is 0 Å². The van der Waals surface area contributed by atoms with Gasteiger partial charge in [-0.05, 0) is 36.0 Å². The molecule has 2 N–H and O–H groups in total. The number of halogens is 1. The van der Waals surface area contributed by atoms with Crippen LogP contribution in [0.1, 0.15) is 50.7 Å². The molecule has 0 bridgehead atoms. The molecule has 116 valence electrons. The number of rotatable bonds is 5. The molecular formula is C17H24FNO2. The van der Waals surface area contributed by atoms with Crippen LogP contribution in [0.15, 0.2) is 24.3 Å². The van der Waals surface area contributed by atoms with Crippen LogP contribution >= 0.6 is 0 Å². The Morgan fingerprint density at radius 3 is 2.90 bits per heavy atom. The van der Waals surface area contributed by atoms with Crippen LogP contribution in [0.2, 0.25) is 0 Å². The predicted molar refractivity (Wildman–Crippen MR) is 80.1 cm³/mol. The van der Waals surface area contributed by atoms with Gasteiger partial charge in [-0.2, -0.15) is 0 Å². The average molecular weight is 293 g/mol. The molecule has 0 aromatic heterocycles. The molecule has 0 aliphatic heterocycles. The minimum Gasteiger partial charge on any atom is -0.388 e. The highest BCUT2D eigenvalue weighted by atomic mass is 19.1. The zero-order valence-electron chi connectivity index (χ0n) is 12.5. The van der Waals surface area contributed by atoms with Gasteiger partial charge in [0.2, 0.25) is 5.91 Å². The zero-order chi connectivity index (χ0) is 15.2. The van der Waals surface area contributed by atoms with Crippen molar-refractivity contribution < 1.29 is 14.3 Å². The number of carbonyl (C=O) groups is 1. The molecule has 2 rings (SSSR count). The molecular weight excluding hydrogens is 269 g/mol. The molecule has 4 heteroatoms. The highest BCUT2D eigenvalue weighted by molar-refractivity contribution is 5.76. The number of hydrogen-bond acceptors (Lipinski definition) is 2. The highest BCUT2D eigenvalue weighted by Gasteiger charge is 2.22. The Labute approximate surface area is 125 Å². The summed E-state index contributed by atoms with van der Waals surface area (Å²) in [5, 5.41) is 12.9. The van der Waals surface area contributed by atoms with Crippen molar-refractivity contribution in [2.75, 3.05) is 6.54 Å². The van der Waals surface area contributed by atoms with Crippen molar-refractivity contribution in [1.82, 2.24) is 5.32 Å². The highest BCUT2D eigenvalue weighted by Crippen LogP contribution is 2.29. The number of nitrogens with one attached hydrogen (secondary N) is 1. The molecule has 1 aliphatic rings. The number of aliphatic hydroxyl groups is 1. The molecule has 1 aliphatic carbocycles. The van der Waals surface area contributed by atoms with E-state index >= 15 is 0 Å². The lowest BCUT2D eigenvalue weighted by Crippen LogP contribution is -2.34. The van der Waals surface area contributed by atoms with Crippen LogP contribution in [-0.2, 0) is 4.79 Å². The molecule has 3 nitrogen and oxygen atoms in total. The van der Waals surface area contributed by atoms with Crippen molar-refractivity contribution in [2.45, 2.75) is 45.1 Å². The van der Waals surface area contributed by atoms with E-state index in [0.29, 0.717) is 23.9 Å². The van der Waals surface area contributed by atoms with Gasteiger partial charge >= 0.3 is 0 Å². The van der Waals surface area contributed by atoms with Gasteiger partial charge in [0.1, 0.15) is 5.82 Å². The first-order valence-electron chi connectivity index (χ1n) is 7.76. The third kappa shape index (κ3) is 4.81. The van der Waals surface area contributed by atoms with E-state index in [1.54, 1.807) is 6.07 Å². The third-order valence-electron chi connectivity index (χ3n) is 4.46. The van der Waals surface area contributed by atoms with Crippen molar-refractivity contribution in [3.63, 3.8) is 0 Å². The Balaban J connectivity index is 1.78. The lowest BCUT2D eigenvalue weighted by Gasteiger charge is -2.28. The van der Waals surface area contributed by atoms with Gasteiger partial charge in [-0.3, -0.25) is 4.79 Å². The summed E-state index contributed by atoms with van der Waals surface area (Å²) >= 11 is 0. The van der Waals surface area contributed by atoms with Gasteiger partial charge in [0.25, 0.3) is 0 Å². The Morgan fingerprint density at radius 2 is 2.19 bits per heavy atom. The largest absolute Gasteiger partial charge is 0.388 e. The van der Waals surface area contributed by atoms with Gasteiger partial charge in [0.05, 0.1) is 12.5 Å². The molecule has 0 spiro atoms. The van der Waals surface area contributed by atoms with E-state index in [1.165, 1.54) is 37.5 Å². The standard InChI is InChI=1S/C17H24FNO2/c1-12-5-2-3-6-14(12)11-19-17(21)10-16(20)13-7-4-8-15(18)9-13/h4,7-9,12,14,16,20H,2-3,5-6,10-11H2,1H3,(H,19,21). The number of amides is 1. The van der Waals surface area contributed by atoms with Gasteiger partial charge < -0.3 is 10.4 Å². The summed E-state index contributed by atoms with van der Waals surface area (Å²) in [7, 11) is 0. The summed E-state index contributed by atoms with van der Waals surface area (Å²) < 4.78 is 13.1. The van der Waals surface area contributed by atoms with Gasteiger partial charge in [-0.1, -0.05) is 38.3 Å². The Morgan fingerprint density at radius 1 is 1.43 bits per heavy atom. The lowest BCUT2D eigenvalue weighted by atomic mass is 9.80. The Kier molecular flexibility index (Phi) is 5.74. The van der Waals surface area contributed by atoms with E-state index in [0.717, 1.165) is 6.42 Å². The topological polar surface area (TPSA) is 49.3 Å². The van der Waals surface area contributed by atoms with Crippen LogP contribution in [0.5, 0.6) is 0 Å². The average Bonchev–Trinajstić information content (AvgIpc) is 2.46. The summed E-state index contributed by atoms with van der Waals surface area (Å²) in [4.78, 5) is 11.9. The van der Waals surface area contributed by atoms with Crippen molar-refractivity contribution in [3.8, 4) is 0 Å². The molecule has 1 amide bonds. The first kappa shape index (κ1) is 16.0. The number of aliphatic hydroxyl groups excluding tert-OH is 1. The predicted octanol–water partition coefficient (Wildman–Crippen LogP) is 3.19. The van der Waals surface area contributed by atoms with Crippen LogP contribution in [0.25, 0.3) is 0 Å². The molecule has 1 saturated carbocycles. The molecule has 21 heavy (non-hydrogen) atoms. The monoisotopic (exact) mass is 293 g/mol. The quantitative estimate of drug-likeness (QED) is 0.876. The second-order valence-corrected chi connectivity index (χ2v) is 6.10. The van der Waals surface area contributed by atoms with Crippen LogP contribution < -0.4 is 5.32 Å². The van der Waals surface area contributed by atoms with Gasteiger partial charge in [0.15, 0.2) is 0 Å². The third-order valence-corrected chi connectivity index (χ3v) is 4.46. The Hall–Kier alpha value is -1.42. The summed E-state index contributed by atoms with van der Waals surface area (Å²) in [5.41, 5.74) is 0.441. The first-order valence-corrected chi connectivity index (χ1v) is 7.76. The maximum absolute atomic E-state index is 13.1.